The van der Waals surface area contributed by atoms with Crippen LogP contribution in [-0.4, -0.2) is 57.4 Å². The Labute approximate surface area is 156 Å². The Hall–Kier alpha value is -2.84. The highest BCUT2D eigenvalue weighted by molar-refractivity contribution is 5.95. The molecule has 1 N–H and O–H groups in total. The maximum absolute atomic E-state index is 12.2. The summed E-state index contributed by atoms with van der Waals surface area (Å²) in [4.78, 5) is 40.5. The first-order valence-corrected chi connectivity index (χ1v) is 8.87. The zero-order valence-corrected chi connectivity index (χ0v) is 15.9. The number of amides is 1. The Morgan fingerprint density at radius 2 is 1.93 bits per heavy atom. The van der Waals surface area contributed by atoms with Gasteiger partial charge in [0.1, 0.15) is 11.2 Å². The van der Waals surface area contributed by atoms with Crippen LogP contribution in [0.3, 0.4) is 0 Å². The number of likely N-dealkylation sites (tertiary alicyclic amines) is 1. The van der Waals surface area contributed by atoms with E-state index >= 15 is 0 Å². The number of aromatic nitrogens is 3. The summed E-state index contributed by atoms with van der Waals surface area (Å²) in [6, 6.07) is 1.49. The highest BCUT2D eigenvalue weighted by atomic mass is 16.6. The summed E-state index contributed by atoms with van der Waals surface area (Å²) >= 11 is 0. The summed E-state index contributed by atoms with van der Waals surface area (Å²) in [5.41, 5.74) is 0.402. The molecule has 3 rings (SSSR count). The van der Waals surface area contributed by atoms with Gasteiger partial charge in [-0.25, -0.2) is 14.1 Å². The number of H-pyrrole nitrogens is 1. The number of methoxy groups -OCH3 is 1. The zero-order valence-electron chi connectivity index (χ0n) is 15.9. The smallest absolute Gasteiger partial charge is 0.410 e. The number of carbonyl (C=O) groups excluding carboxylic acids is 2. The molecule has 0 saturated carbocycles. The molecule has 0 bridgehead atoms. The van der Waals surface area contributed by atoms with Crippen molar-refractivity contribution in [2.75, 3.05) is 20.2 Å². The van der Waals surface area contributed by atoms with Crippen molar-refractivity contribution in [1.29, 1.82) is 0 Å². The molecule has 0 aromatic carbocycles. The number of piperidine rings is 1. The number of esters is 1. The van der Waals surface area contributed by atoms with Crippen molar-refractivity contribution in [2.45, 2.75) is 45.1 Å². The highest BCUT2D eigenvalue weighted by Crippen LogP contribution is 2.28. The van der Waals surface area contributed by atoms with Crippen LogP contribution in [-0.2, 0) is 9.47 Å². The van der Waals surface area contributed by atoms with Gasteiger partial charge >= 0.3 is 12.1 Å². The molecule has 1 aliphatic heterocycles. The molecular formula is C18H24N4O5. The van der Waals surface area contributed by atoms with Crippen molar-refractivity contribution in [1.82, 2.24) is 19.5 Å². The van der Waals surface area contributed by atoms with Crippen LogP contribution in [0.25, 0.3) is 5.65 Å². The molecule has 1 saturated heterocycles. The lowest BCUT2D eigenvalue weighted by Crippen LogP contribution is -2.41. The molecule has 9 heteroatoms. The molecule has 0 radical (unpaired) electrons. The summed E-state index contributed by atoms with van der Waals surface area (Å²) in [6.45, 7) is 6.56. The normalized spacial score (nSPS) is 15.8. The van der Waals surface area contributed by atoms with Crippen LogP contribution in [0.5, 0.6) is 0 Å². The highest BCUT2D eigenvalue weighted by Gasteiger charge is 2.29. The lowest BCUT2D eigenvalue weighted by Gasteiger charge is -2.33. The van der Waals surface area contributed by atoms with Crippen LogP contribution in [0.4, 0.5) is 4.79 Å². The number of hydrogen-bond donors (Lipinski definition) is 1. The predicted molar refractivity (Wildman–Crippen MR) is 96.9 cm³/mol. The quantitative estimate of drug-likeness (QED) is 0.803. The molecular weight excluding hydrogens is 352 g/mol. The fourth-order valence-corrected chi connectivity index (χ4v) is 3.25. The zero-order chi connectivity index (χ0) is 19.8. The Kier molecular flexibility index (Phi) is 4.95. The van der Waals surface area contributed by atoms with Gasteiger partial charge in [-0.3, -0.25) is 4.79 Å². The van der Waals surface area contributed by atoms with Crippen molar-refractivity contribution < 1.29 is 19.1 Å². The summed E-state index contributed by atoms with van der Waals surface area (Å²) in [5.74, 6) is -0.517. The molecule has 0 atom stereocenters. The molecule has 2 aromatic heterocycles. The van der Waals surface area contributed by atoms with Crippen molar-refractivity contribution in [2.24, 2.45) is 0 Å². The van der Waals surface area contributed by atoms with E-state index in [4.69, 9.17) is 9.47 Å². The minimum atomic E-state index is -0.558. The molecule has 2 aromatic rings. The van der Waals surface area contributed by atoms with Gasteiger partial charge in [0.2, 0.25) is 0 Å². The van der Waals surface area contributed by atoms with Gasteiger partial charge in [0.05, 0.1) is 19.0 Å². The van der Waals surface area contributed by atoms with Gasteiger partial charge < -0.3 is 19.4 Å². The van der Waals surface area contributed by atoms with Crippen LogP contribution in [0.15, 0.2) is 17.1 Å². The molecule has 1 aliphatic rings. The van der Waals surface area contributed by atoms with Crippen LogP contribution < -0.4 is 5.56 Å². The van der Waals surface area contributed by atoms with Gasteiger partial charge in [-0.05, 0) is 33.6 Å². The first kappa shape index (κ1) is 18.9. The summed E-state index contributed by atoms with van der Waals surface area (Å²) < 4.78 is 11.7. The second kappa shape index (κ2) is 7.05. The minimum absolute atomic E-state index is 0.0406. The Balaban J connectivity index is 1.81. The third-order valence-electron chi connectivity index (χ3n) is 4.50. The summed E-state index contributed by atoms with van der Waals surface area (Å²) in [7, 11) is 1.28. The van der Waals surface area contributed by atoms with E-state index in [9.17, 15) is 14.4 Å². The number of hydrogen-bond acceptors (Lipinski definition) is 6. The van der Waals surface area contributed by atoms with Crippen LogP contribution in [0, 0.1) is 0 Å². The lowest BCUT2D eigenvalue weighted by atomic mass is 9.93. The van der Waals surface area contributed by atoms with Crippen LogP contribution in [0.1, 0.15) is 55.6 Å². The van der Waals surface area contributed by atoms with E-state index in [1.807, 2.05) is 20.8 Å². The first-order valence-electron chi connectivity index (χ1n) is 8.87. The maximum atomic E-state index is 12.2. The van der Waals surface area contributed by atoms with E-state index < -0.39 is 11.6 Å². The molecule has 0 unspecified atom stereocenters. The van der Waals surface area contributed by atoms with Gasteiger partial charge in [-0.15, -0.1) is 0 Å². The molecule has 146 valence electrons. The van der Waals surface area contributed by atoms with Gasteiger partial charge in [0, 0.05) is 25.1 Å². The topological polar surface area (TPSA) is 106 Å². The van der Waals surface area contributed by atoms with Gasteiger partial charge in [-0.1, -0.05) is 0 Å². The molecule has 3 heterocycles. The molecule has 27 heavy (non-hydrogen) atoms. The third kappa shape index (κ3) is 3.96. The average Bonchev–Trinajstić information content (AvgIpc) is 3.02. The molecule has 9 nitrogen and oxygen atoms in total. The van der Waals surface area contributed by atoms with Crippen LogP contribution in [0.2, 0.25) is 0 Å². The van der Waals surface area contributed by atoms with E-state index in [1.54, 1.807) is 9.42 Å². The number of aromatic amines is 1. The summed E-state index contributed by atoms with van der Waals surface area (Å²) in [6.07, 6.45) is 2.40. The first-order chi connectivity index (χ1) is 12.7. The van der Waals surface area contributed by atoms with E-state index in [-0.39, 0.29) is 23.1 Å². The lowest BCUT2D eigenvalue weighted by molar-refractivity contribution is 0.0203. The standard InChI is InChI=1S/C18H24N4O5/c1-18(2,3)27-17(25)21-7-5-11(6-8-21)13-9-14(23)20-15-12(16(24)26-4)10-19-22(13)15/h9-11H,5-8H2,1-4H3,(H,20,23). The largest absolute Gasteiger partial charge is 0.465 e. The fraction of sp³-hybridized carbons (Fsp3) is 0.556. The monoisotopic (exact) mass is 376 g/mol. The molecule has 0 spiro atoms. The van der Waals surface area contributed by atoms with Crippen molar-refractivity contribution in [3.8, 4) is 0 Å². The number of ether oxygens (including phenoxy) is 2. The Morgan fingerprint density at radius 3 is 2.52 bits per heavy atom. The fourth-order valence-electron chi connectivity index (χ4n) is 3.25. The van der Waals surface area contributed by atoms with E-state index in [2.05, 4.69) is 10.1 Å². The van der Waals surface area contributed by atoms with E-state index in [0.29, 0.717) is 37.3 Å². The average molecular weight is 376 g/mol. The second-order valence-electron chi connectivity index (χ2n) is 7.61. The maximum Gasteiger partial charge on any atom is 0.410 e. The van der Waals surface area contributed by atoms with Crippen LogP contribution >= 0.6 is 0 Å². The predicted octanol–water partition coefficient (Wildman–Crippen LogP) is 1.92. The Bertz CT molecular complexity index is 916. The van der Waals surface area contributed by atoms with Crippen molar-refractivity contribution in [3.05, 3.63) is 33.9 Å². The number of carbonyl (C=O) groups is 2. The number of fused-ring (bicyclic) bond motifs is 1. The number of nitrogens with one attached hydrogen (secondary N) is 1. The van der Waals surface area contributed by atoms with Gasteiger partial charge in [0.25, 0.3) is 5.56 Å². The summed E-state index contributed by atoms with van der Waals surface area (Å²) in [5, 5.41) is 4.25. The van der Waals surface area contributed by atoms with Crippen molar-refractivity contribution >= 4 is 17.7 Å². The van der Waals surface area contributed by atoms with Gasteiger partial charge in [-0.2, -0.15) is 5.10 Å². The SMILES string of the molecule is COC(=O)c1cnn2c(C3CCN(C(=O)OC(C)(C)C)CC3)cc(=O)[nH]c12. The molecule has 0 aliphatic carbocycles. The molecule has 1 amide bonds. The van der Waals surface area contributed by atoms with Gasteiger partial charge in [0.15, 0.2) is 5.65 Å². The Morgan fingerprint density at radius 1 is 1.26 bits per heavy atom. The van der Waals surface area contributed by atoms with E-state index in [0.717, 1.165) is 0 Å². The van der Waals surface area contributed by atoms with Crippen molar-refractivity contribution in [3.63, 3.8) is 0 Å². The third-order valence-corrected chi connectivity index (χ3v) is 4.50. The second-order valence-corrected chi connectivity index (χ2v) is 7.61. The number of rotatable bonds is 2. The molecule has 1 fully saturated rings. The minimum Gasteiger partial charge on any atom is -0.465 e. The van der Waals surface area contributed by atoms with E-state index in [1.165, 1.54) is 19.4 Å². The number of nitrogens with zero attached hydrogens (tertiary/aromatic N) is 3.